The van der Waals surface area contributed by atoms with Gasteiger partial charge in [0.1, 0.15) is 5.82 Å². The first-order chi connectivity index (χ1) is 11.0. The van der Waals surface area contributed by atoms with Crippen LogP contribution in [-0.2, 0) is 10.0 Å². The second-order valence-corrected chi connectivity index (χ2v) is 6.62. The van der Waals surface area contributed by atoms with Gasteiger partial charge in [-0.2, -0.15) is 0 Å². The predicted molar refractivity (Wildman–Crippen MR) is 88.6 cm³/mol. The lowest BCUT2D eigenvalue weighted by molar-refractivity contribution is 0.598. The molecule has 3 aromatic carbocycles. The van der Waals surface area contributed by atoms with Crippen molar-refractivity contribution >= 4 is 10.0 Å². The maximum absolute atomic E-state index is 13.2. The second kappa shape index (κ2) is 5.95. The highest BCUT2D eigenvalue weighted by molar-refractivity contribution is 7.89. The van der Waals surface area contributed by atoms with Gasteiger partial charge in [-0.1, -0.05) is 54.6 Å². The minimum atomic E-state index is -3.85. The quantitative estimate of drug-likeness (QED) is 0.795. The van der Waals surface area contributed by atoms with Crippen LogP contribution >= 0.6 is 0 Å². The van der Waals surface area contributed by atoms with Crippen LogP contribution in [-0.4, -0.2) is 8.42 Å². The van der Waals surface area contributed by atoms with E-state index in [1.165, 1.54) is 18.2 Å². The molecular formula is C18H14FNO2S. The van der Waals surface area contributed by atoms with Crippen LogP contribution in [0.15, 0.2) is 77.7 Å². The highest BCUT2D eigenvalue weighted by Gasteiger charge is 2.17. The Balaban J connectivity index is 2.26. The van der Waals surface area contributed by atoms with Gasteiger partial charge in [0, 0.05) is 5.56 Å². The van der Waals surface area contributed by atoms with Gasteiger partial charge >= 0.3 is 0 Å². The number of rotatable bonds is 3. The van der Waals surface area contributed by atoms with Gasteiger partial charge in [-0.15, -0.1) is 0 Å². The molecule has 3 nitrogen and oxygen atoms in total. The number of sulfonamides is 1. The van der Waals surface area contributed by atoms with Gasteiger partial charge in [-0.25, -0.2) is 17.9 Å². The monoisotopic (exact) mass is 327 g/mol. The van der Waals surface area contributed by atoms with Crippen LogP contribution in [0.2, 0.25) is 0 Å². The molecule has 0 saturated heterocycles. The average molecular weight is 327 g/mol. The van der Waals surface area contributed by atoms with E-state index < -0.39 is 10.0 Å². The van der Waals surface area contributed by atoms with Gasteiger partial charge in [-0.3, -0.25) is 0 Å². The zero-order chi connectivity index (χ0) is 16.4. The molecule has 0 bridgehead atoms. The molecule has 0 amide bonds. The largest absolute Gasteiger partial charge is 0.238 e. The first-order valence-electron chi connectivity index (χ1n) is 6.94. The molecule has 0 heterocycles. The minimum absolute atomic E-state index is 0.0644. The molecule has 0 spiro atoms. The number of benzene rings is 3. The lowest BCUT2D eigenvalue weighted by Gasteiger charge is -2.13. The summed E-state index contributed by atoms with van der Waals surface area (Å²) in [6.45, 7) is 0. The highest BCUT2D eigenvalue weighted by Crippen LogP contribution is 2.35. The summed E-state index contributed by atoms with van der Waals surface area (Å²) in [5, 5.41) is 5.33. The first-order valence-corrected chi connectivity index (χ1v) is 8.48. The minimum Gasteiger partial charge on any atom is -0.225 e. The van der Waals surface area contributed by atoms with Gasteiger partial charge in [-0.05, 0) is 34.9 Å². The molecular weight excluding hydrogens is 313 g/mol. The molecule has 116 valence electrons. The van der Waals surface area contributed by atoms with Crippen molar-refractivity contribution in [1.29, 1.82) is 0 Å². The number of hydrogen-bond donors (Lipinski definition) is 1. The average Bonchev–Trinajstić information content (AvgIpc) is 2.55. The van der Waals surface area contributed by atoms with E-state index in [4.69, 9.17) is 5.14 Å². The van der Waals surface area contributed by atoms with Crippen LogP contribution in [0.5, 0.6) is 0 Å². The summed E-state index contributed by atoms with van der Waals surface area (Å²) in [5.74, 6) is -0.323. The molecule has 0 radical (unpaired) electrons. The van der Waals surface area contributed by atoms with Crippen LogP contribution in [0.1, 0.15) is 0 Å². The van der Waals surface area contributed by atoms with Crippen molar-refractivity contribution in [1.82, 2.24) is 0 Å². The Morgan fingerprint density at radius 2 is 1.22 bits per heavy atom. The Labute approximate surface area is 134 Å². The van der Waals surface area contributed by atoms with E-state index in [0.29, 0.717) is 5.56 Å². The fourth-order valence-electron chi connectivity index (χ4n) is 2.54. The van der Waals surface area contributed by atoms with Crippen LogP contribution < -0.4 is 5.14 Å². The van der Waals surface area contributed by atoms with Crippen molar-refractivity contribution in [3.63, 3.8) is 0 Å². The molecule has 23 heavy (non-hydrogen) atoms. The number of primary sulfonamides is 1. The zero-order valence-electron chi connectivity index (χ0n) is 12.1. The molecule has 0 aliphatic carbocycles. The highest BCUT2D eigenvalue weighted by atomic mass is 32.2. The summed E-state index contributed by atoms with van der Waals surface area (Å²) in [5.41, 5.74) is 2.86. The Morgan fingerprint density at radius 3 is 1.83 bits per heavy atom. The van der Waals surface area contributed by atoms with Crippen molar-refractivity contribution in [3.8, 4) is 22.3 Å². The Bertz CT molecular complexity index is 951. The Hall–Kier alpha value is -2.50. The summed E-state index contributed by atoms with van der Waals surface area (Å²) in [7, 11) is -3.85. The van der Waals surface area contributed by atoms with Crippen LogP contribution in [0.25, 0.3) is 22.3 Å². The standard InChI is InChI=1S/C18H14FNO2S/c19-14-11-9-13(10-12-14)15-5-1-2-6-16(15)17-7-3-4-8-18(17)23(20,21)22/h1-12H,(H2,20,21,22). The molecule has 0 atom stereocenters. The Kier molecular flexibility index (Phi) is 3.98. The summed E-state index contributed by atoms with van der Waals surface area (Å²) < 4.78 is 36.8. The van der Waals surface area contributed by atoms with Crippen molar-refractivity contribution in [3.05, 3.63) is 78.6 Å². The van der Waals surface area contributed by atoms with Gasteiger partial charge in [0.2, 0.25) is 10.0 Å². The lowest BCUT2D eigenvalue weighted by Crippen LogP contribution is -2.13. The number of hydrogen-bond acceptors (Lipinski definition) is 2. The van der Waals surface area contributed by atoms with Crippen LogP contribution in [0.4, 0.5) is 4.39 Å². The molecule has 3 aromatic rings. The summed E-state index contributed by atoms with van der Waals surface area (Å²) >= 11 is 0. The molecule has 0 unspecified atom stereocenters. The lowest BCUT2D eigenvalue weighted by atomic mass is 9.94. The van der Waals surface area contributed by atoms with Crippen molar-refractivity contribution in [2.45, 2.75) is 4.90 Å². The first kappa shape index (κ1) is 15.4. The number of nitrogens with two attached hydrogens (primary N) is 1. The second-order valence-electron chi connectivity index (χ2n) is 5.09. The third kappa shape index (κ3) is 3.16. The maximum Gasteiger partial charge on any atom is 0.238 e. The third-order valence-corrected chi connectivity index (χ3v) is 4.54. The van der Waals surface area contributed by atoms with Crippen molar-refractivity contribution in [2.75, 3.05) is 0 Å². The molecule has 2 N–H and O–H groups in total. The molecule has 5 heteroatoms. The van der Waals surface area contributed by atoms with E-state index in [0.717, 1.165) is 16.7 Å². The molecule has 3 rings (SSSR count). The third-order valence-electron chi connectivity index (χ3n) is 3.57. The van der Waals surface area contributed by atoms with E-state index in [2.05, 4.69) is 0 Å². The van der Waals surface area contributed by atoms with Gasteiger partial charge in [0.05, 0.1) is 4.90 Å². The van der Waals surface area contributed by atoms with E-state index in [9.17, 15) is 12.8 Å². The normalized spacial score (nSPS) is 11.4. The fourth-order valence-corrected chi connectivity index (χ4v) is 3.29. The van der Waals surface area contributed by atoms with Crippen LogP contribution in [0, 0.1) is 5.82 Å². The van der Waals surface area contributed by atoms with E-state index in [-0.39, 0.29) is 10.7 Å². The summed E-state index contributed by atoms with van der Waals surface area (Å²) in [6, 6.07) is 20.0. The van der Waals surface area contributed by atoms with Crippen LogP contribution in [0.3, 0.4) is 0 Å². The maximum atomic E-state index is 13.2. The van der Waals surface area contributed by atoms with Crippen molar-refractivity contribution < 1.29 is 12.8 Å². The molecule has 0 aliphatic rings. The molecule has 0 saturated carbocycles. The summed E-state index contributed by atoms with van der Waals surface area (Å²) in [4.78, 5) is 0.0644. The zero-order valence-corrected chi connectivity index (χ0v) is 12.9. The summed E-state index contributed by atoms with van der Waals surface area (Å²) in [6.07, 6.45) is 0. The van der Waals surface area contributed by atoms with E-state index in [1.54, 1.807) is 30.3 Å². The fraction of sp³-hybridized carbons (Fsp3) is 0. The van der Waals surface area contributed by atoms with E-state index in [1.807, 2.05) is 24.3 Å². The smallest absolute Gasteiger partial charge is 0.225 e. The molecule has 0 fully saturated rings. The predicted octanol–water partition coefficient (Wildman–Crippen LogP) is 3.81. The van der Waals surface area contributed by atoms with Crippen molar-refractivity contribution in [2.24, 2.45) is 5.14 Å². The SMILES string of the molecule is NS(=O)(=O)c1ccccc1-c1ccccc1-c1ccc(F)cc1. The molecule has 0 aromatic heterocycles. The molecule has 0 aliphatic heterocycles. The number of halogens is 1. The Morgan fingerprint density at radius 1 is 0.696 bits per heavy atom. The van der Waals surface area contributed by atoms with Gasteiger partial charge in [0.25, 0.3) is 0 Å². The topological polar surface area (TPSA) is 60.2 Å². The van der Waals surface area contributed by atoms with E-state index >= 15 is 0 Å². The van der Waals surface area contributed by atoms with Gasteiger partial charge < -0.3 is 0 Å². The van der Waals surface area contributed by atoms with Gasteiger partial charge in [0.15, 0.2) is 0 Å².